The van der Waals surface area contributed by atoms with E-state index in [-0.39, 0.29) is 23.1 Å². The van der Waals surface area contributed by atoms with E-state index in [1.54, 1.807) is 23.1 Å². The van der Waals surface area contributed by atoms with Gasteiger partial charge in [0.05, 0.1) is 12.7 Å². The van der Waals surface area contributed by atoms with Crippen LogP contribution in [0, 0.1) is 5.92 Å². The molecule has 1 amide bonds. The van der Waals surface area contributed by atoms with E-state index in [1.165, 1.54) is 7.11 Å². The van der Waals surface area contributed by atoms with E-state index in [0.29, 0.717) is 25.4 Å². The van der Waals surface area contributed by atoms with Crippen molar-refractivity contribution >= 4 is 5.91 Å². The van der Waals surface area contributed by atoms with Gasteiger partial charge in [-0.1, -0.05) is 13.0 Å². The molecule has 1 aromatic carbocycles. The first-order valence-electron chi connectivity index (χ1n) is 6.40. The highest BCUT2D eigenvalue weighted by Gasteiger charge is 2.21. The van der Waals surface area contributed by atoms with Crippen LogP contribution in [0.15, 0.2) is 18.2 Å². The van der Waals surface area contributed by atoms with Gasteiger partial charge in [-0.2, -0.15) is 0 Å². The highest BCUT2D eigenvalue weighted by molar-refractivity contribution is 5.97. The number of methoxy groups -OCH3 is 1. The molecule has 106 valence electrons. The van der Waals surface area contributed by atoms with E-state index in [0.717, 1.165) is 0 Å². The molecule has 5 nitrogen and oxygen atoms in total. The maximum Gasteiger partial charge on any atom is 0.257 e. The minimum atomic E-state index is -0.209. The van der Waals surface area contributed by atoms with Crippen molar-refractivity contribution in [2.24, 2.45) is 11.7 Å². The van der Waals surface area contributed by atoms with E-state index in [9.17, 15) is 9.90 Å². The average molecular weight is 266 g/mol. The van der Waals surface area contributed by atoms with Gasteiger partial charge in [0.15, 0.2) is 11.5 Å². The van der Waals surface area contributed by atoms with Gasteiger partial charge in [0, 0.05) is 13.1 Å². The number of benzene rings is 1. The summed E-state index contributed by atoms with van der Waals surface area (Å²) >= 11 is 0. The molecule has 19 heavy (non-hydrogen) atoms. The molecule has 0 fully saturated rings. The number of carbonyl (C=O) groups is 1. The van der Waals surface area contributed by atoms with E-state index in [2.05, 4.69) is 0 Å². The fourth-order valence-corrected chi connectivity index (χ4v) is 1.84. The number of hydrogen-bond acceptors (Lipinski definition) is 4. The fourth-order valence-electron chi connectivity index (χ4n) is 1.84. The Hall–Kier alpha value is -1.75. The first-order chi connectivity index (χ1) is 9.04. The lowest BCUT2D eigenvalue weighted by Crippen LogP contribution is -2.36. The standard InChI is InChI=1S/C14H22N2O3/c1-4-16(9-10(2)8-15)14(18)11-6-5-7-12(19-3)13(11)17/h5-7,10,17H,4,8-9,15H2,1-3H3. The Balaban J connectivity index is 2.97. The Bertz CT molecular complexity index is 435. The van der Waals surface area contributed by atoms with Crippen LogP contribution in [-0.4, -0.2) is 42.7 Å². The van der Waals surface area contributed by atoms with Gasteiger partial charge in [0.2, 0.25) is 0 Å². The van der Waals surface area contributed by atoms with Crippen molar-refractivity contribution in [3.63, 3.8) is 0 Å². The van der Waals surface area contributed by atoms with Crippen LogP contribution in [0.1, 0.15) is 24.2 Å². The summed E-state index contributed by atoms with van der Waals surface area (Å²) in [6.45, 7) is 5.55. The maximum atomic E-state index is 12.4. The molecule has 0 heterocycles. The molecule has 1 atom stereocenters. The van der Waals surface area contributed by atoms with Gasteiger partial charge in [-0.25, -0.2) is 0 Å². The van der Waals surface area contributed by atoms with Crippen molar-refractivity contribution < 1.29 is 14.6 Å². The molecule has 1 aromatic rings. The van der Waals surface area contributed by atoms with Crippen molar-refractivity contribution in [3.05, 3.63) is 23.8 Å². The molecule has 0 aliphatic carbocycles. The minimum absolute atomic E-state index is 0.117. The second-order valence-electron chi connectivity index (χ2n) is 4.54. The summed E-state index contributed by atoms with van der Waals surface area (Å²) in [5.74, 6) is 0.193. The van der Waals surface area contributed by atoms with Gasteiger partial charge in [0.25, 0.3) is 5.91 Å². The Morgan fingerprint density at radius 2 is 2.21 bits per heavy atom. The minimum Gasteiger partial charge on any atom is -0.504 e. The predicted octanol–water partition coefficient (Wildman–Crippen LogP) is 1.46. The molecule has 1 rings (SSSR count). The third-order valence-electron chi connectivity index (χ3n) is 3.05. The monoisotopic (exact) mass is 266 g/mol. The lowest BCUT2D eigenvalue weighted by Gasteiger charge is -2.24. The summed E-state index contributed by atoms with van der Waals surface area (Å²) in [4.78, 5) is 14.1. The number of para-hydroxylation sites is 1. The van der Waals surface area contributed by atoms with Gasteiger partial charge >= 0.3 is 0 Å². The first-order valence-corrected chi connectivity index (χ1v) is 6.40. The molecule has 5 heteroatoms. The van der Waals surface area contributed by atoms with Crippen molar-refractivity contribution in [3.8, 4) is 11.5 Å². The van der Waals surface area contributed by atoms with Gasteiger partial charge in [-0.05, 0) is 31.5 Å². The van der Waals surface area contributed by atoms with Gasteiger partial charge in [-0.15, -0.1) is 0 Å². The van der Waals surface area contributed by atoms with E-state index in [1.807, 2.05) is 13.8 Å². The molecule has 0 aromatic heterocycles. The van der Waals surface area contributed by atoms with Crippen molar-refractivity contribution in [2.75, 3.05) is 26.7 Å². The van der Waals surface area contributed by atoms with Crippen LogP contribution < -0.4 is 10.5 Å². The number of nitrogens with two attached hydrogens (primary N) is 1. The summed E-state index contributed by atoms with van der Waals surface area (Å²) in [6.07, 6.45) is 0. The SMILES string of the molecule is CCN(CC(C)CN)C(=O)c1cccc(OC)c1O. The summed E-state index contributed by atoms with van der Waals surface area (Å²) < 4.78 is 5.01. The fraction of sp³-hybridized carbons (Fsp3) is 0.500. The smallest absolute Gasteiger partial charge is 0.257 e. The maximum absolute atomic E-state index is 12.4. The van der Waals surface area contributed by atoms with E-state index >= 15 is 0 Å². The zero-order chi connectivity index (χ0) is 14.4. The van der Waals surface area contributed by atoms with Crippen LogP contribution in [0.2, 0.25) is 0 Å². The van der Waals surface area contributed by atoms with E-state index < -0.39 is 0 Å². The van der Waals surface area contributed by atoms with Crippen LogP contribution in [0.25, 0.3) is 0 Å². The zero-order valence-electron chi connectivity index (χ0n) is 11.7. The molecule has 0 aliphatic heterocycles. The van der Waals surface area contributed by atoms with Crippen molar-refractivity contribution in [2.45, 2.75) is 13.8 Å². The average Bonchev–Trinajstić information content (AvgIpc) is 2.44. The van der Waals surface area contributed by atoms with Crippen LogP contribution in [0.3, 0.4) is 0 Å². The molecule has 3 N–H and O–H groups in total. The number of phenols is 1. The number of ether oxygens (including phenoxy) is 1. The van der Waals surface area contributed by atoms with Crippen LogP contribution in [-0.2, 0) is 0 Å². The molecule has 1 unspecified atom stereocenters. The van der Waals surface area contributed by atoms with Crippen LogP contribution >= 0.6 is 0 Å². The van der Waals surface area contributed by atoms with Crippen LogP contribution in [0.5, 0.6) is 11.5 Å². The number of aromatic hydroxyl groups is 1. The molecule has 0 bridgehead atoms. The Morgan fingerprint density at radius 3 is 2.74 bits per heavy atom. The number of hydrogen-bond donors (Lipinski definition) is 2. The van der Waals surface area contributed by atoms with E-state index in [4.69, 9.17) is 10.5 Å². The van der Waals surface area contributed by atoms with Gasteiger partial charge in [-0.3, -0.25) is 4.79 Å². The number of amides is 1. The first kappa shape index (κ1) is 15.3. The normalized spacial score (nSPS) is 12.0. The molecule has 0 spiro atoms. The Morgan fingerprint density at radius 1 is 1.53 bits per heavy atom. The predicted molar refractivity (Wildman–Crippen MR) is 74.5 cm³/mol. The lowest BCUT2D eigenvalue weighted by atomic mass is 10.1. The molecule has 0 saturated carbocycles. The molecular weight excluding hydrogens is 244 g/mol. The number of rotatable bonds is 6. The number of nitrogens with zero attached hydrogens (tertiary/aromatic N) is 1. The topological polar surface area (TPSA) is 75.8 Å². The van der Waals surface area contributed by atoms with Crippen LogP contribution in [0.4, 0.5) is 0 Å². The highest BCUT2D eigenvalue weighted by atomic mass is 16.5. The second kappa shape index (κ2) is 6.99. The summed E-state index contributed by atoms with van der Waals surface area (Å²) in [6, 6.07) is 4.90. The number of phenolic OH excluding ortho intramolecular Hbond substituents is 1. The molecule has 0 aliphatic rings. The Labute approximate surface area is 114 Å². The summed E-state index contributed by atoms with van der Waals surface area (Å²) in [7, 11) is 1.46. The quantitative estimate of drug-likeness (QED) is 0.817. The summed E-state index contributed by atoms with van der Waals surface area (Å²) in [5, 5.41) is 10.00. The van der Waals surface area contributed by atoms with Crippen molar-refractivity contribution in [1.82, 2.24) is 4.90 Å². The molecule has 0 radical (unpaired) electrons. The highest BCUT2D eigenvalue weighted by Crippen LogP contribution is 2.30. The molecule has 0 saturated heterocycles. The lowest BCUT2D eigenvalue weighted by molar-refractivity contribution is 0.0740. The van der Waals surface area contributed by atoms with Crippen molar-refractivity contribution in [1.29, 1.82) is 0 Å². The third kappa shape index (κ3) is 3.61. The number of carbonyl (C=O) groups excluding carboxylic acids is 1. The zero-order valence-corrected chi connectivity index (χ0v) is 11.7. The van der Waals surface area contributed by atoms with Gasteiger partial charge < -0.3 is 20.5 Å². The van der Waals surface area contributed by atoms with Gasteiger partial charge in [0.1, 0.15) is 0 Å². The Kier molecular flexibility index (Phi) is 5.63. The summed E-state index contributed by atoms with van der Waals surface area (Å²) in [5.41, 5.74) is 5.84. The molecular formula is C14H22N2O3. The largest absolute Gasteiger partial charge is 0.504 e. The second-order valence-corrected chi connectivity index (χ2v) is 4.54. The third-order valence-corrected chi connectivity index (χ3v) is 3.05.